The number of hydrogen-bond donors (Lipinski definition) is 8. The van der Waals surface area contributed by atoms with Crippen molar-refractivity contribution >= 4 is 47.3 Å². The van der Waals surface area contributed by atoms with Crippen molar-refractivity contribution in [3.63, 3.8) is 0 Å². The minimum Gasteiger partial charge on any atom is -0.354 e. The van der Waals surface area contributed by atoms with E-state index in [0.717, 1.165) is 99.3 Å². The van der Waals surface area contributed by atoms with Crippen molar-refractivity contribution in [1.29, 1.82) is 0 Å². The molecule has 4 aliphatic rings. The number of likely N-dealkylation sites (tertiary alicyclic amines) is 2. The molecule has 8 N–H and O–H groups in total. The van der Waals surface area contributed by atoms with E-state index < -0.39 is 72.0 Å². The smallest absolute Gasteiger partial charge is 0.246 e. The molecule has 0 radical (unpaired) electrons. The van der Waals surface area contributed by atoms with Crippen LogP contribution < -0.4 is 42.5 Å². The number of carbonyl (C=O) groups excluding carboxylic acids is 8. The summed E-state index contributed by atoms with van der Waals surface area (Å²) in [5, 5.41) is 24.7. The van der Waals surface area contributed by atoms with Crippen molar-refractivity contribution in [3.05, 3.63) is 144 Å². The van der Waals surface area contributed by atoms with Gasteiger partial charge in [0.15, 0.2) is 0 Å². The minimum atomic E-state index is -1.05. The molecule has 88 heavy (non-hydrogen) atoms. The third-order valence-corrected chi connectivity index (χ3v) is 18.9. The Bertz CT molecular complexity index is 2620. The van der Waals surface area contributed by atoms with E-state index in [9.17, 15) is 38.4 Å². The van der Waals surface area contributed by atoms with Gasteiger partial charge in [0.1, 0.15) is 36.3 Å². The first-order valence-electron chi connectivity index (χ1n) is 32.7. The number of likely N-dealkylation sites (N-methyl/N-ethyl adjacent to an activating group) is 2. The van der Waals surface area contributed by atoms with Gasteiger partial charge in [-0.2, -0.15) is 0 Å². The lowest BCUT2D eigenvalue weighted by Crippen LogP contribution is -2.59. The Morgan fingerprint density at radius 3 is 1.02 bits per heavy atom. The molecule has 8 atom stereocenters. The van der Waals surface area contributed by atoms with Gasteiger partial charge in [-0.15, -0.1) is 0 Å². The Balaban J connectivity index is 0.921. The number of nitrogens with zero attached hydrogens (tertiary/aromatic N) is 2. The highest BCUT2D eigenvalue weighted by atomic mass is 16.2. The van der Waals surface area contributed by atoms with Crippen LogP contribution in [-0.4, -0.2) is 146 Å². The van der Waals surface area contributed by atoms with Crippen LogP contribution in [-0.2, 0) is 38.4 Å². The fraction of sp³-hybridized carbons (Fsp3) is 0.543. The molecule has 0 bridgehead atoms. The maximum absolute atomic E-state index is 14.8. The summed E-state index contributed by atoms with van der Waals surface area (Å²) in [6, 6.07) is 32.3. The molecule has 0 spiro atoms. The molecule has 18 heteroatoms. The number of carbonyl (C=O) groups is 8. The highest BCUT2D eigenvalue weighted by Gasteiger charge is 2.45. The molecule has 4 aromatic carbocycles. The van der Waals surface area contributed by atoms with Crippen LogP contribution in [0.5, 0.6) is 0 Å². The second-order valence-corrected chi connectivity index (χ2v) is 24.7. The van der Waals surface area contributed by atoms with Crippen molar-refractivity contribution in [2.24, 2.45) is 11.8 Å². The van der Waals surface area contributed by atoms with Crippen molar-refractivity contribution < 1.29 is 38.4 Å². The third-order valence-electron chi connectivity index (χ3n) is 18.9. The molecule has 8 amide bonds. The summed E-state index contributed by atoms with van der Waals surface area (Å²) in [6.07, 6.45) is 14.0. The molecule has 4 fully saturated rings. The molecule has 2 saturated carbocycles. The zero-order valence-corrected chi connectivity index (χ0v) is 52.2. The SMILES string of the molecule is CN[C@@H](C)C(=O)N[C@H](C(=O)N1CCCC1C(=O)N[C@H](C(=O)NCCCCCCNC(=O)[C@@H](NC(=O)[C@@H]1CCCN1C(=O)[C@@H](NC(=O)[C@@H](C)NC)C1CCCCC1)C(c1ccccc1)c1ccccc1)C(c1ccccc1)c1ccccc1)C1CCCCC1. The van der Waals surface area contributed by atoms with Gasteiger partial charge in [-0.1, -0.05) is 173 Å². The van der Waals surface area contributed by atoms with Crippen LogP contribution in [0.3, 0.4) is 0 Å². The topological polar surface area (TPSA) is 239 Å². The summed E-state index contributed by atoms with van der Waals surface area (Å²) in [4.78, 5) is 118. The highest BCUT2D eigenvalue weighted by Crippen LogP contribution is 2.34. The number of benzene rings is 4. The van der Waals surface area contributed by atoms with Crippen molar-refractivity contribution in [1.82, 2.24) is 52.3 Å². The number of unbranched alkanes of at least 4 members (excludes halogenated alkanes) is 3. The summed E-state index contributed by atoms with van der Waals surface area (Å²) < 4.78 is 0. The predicted octanol–water partition coefficient (Wildman–Crippen LogP) is 6.74. The van der Waals surface area contributed by atoms with Crippen molar-refractivity contribution in [2.45, 2.75) is 190 Å². The molecule has 4 aromatic rings. The first-order chi connectivity index (χ1) is 42.8. The van der Waals surface area contributed by atoms with Gasteiger partial charge in [0.2, 0.25) is 47.3 Å². The summed E-state index contributed by atoms with van der Waals surface area (Å²) >= 11 is 0. The van der Waals surface area contributed by atoms with Gasteiger partial charge >= 0.3 is 0 Å². The molecule has 474 valence electrons. The van der Waals surface area contributed by atoms with E-state index in [1.54, 1.807) is 37.7 Å². The molecular weight excluding hydrogens is 1110 g/mol. The van der Waals surface area contributed by atoms with Crippen LogP contribution in [0.4, 0.5) is 0 Å². The first kappa shape index (κ1) is 66.5. The molecular formula is C70H96N10O8. The minimum absolute atomic E-state index is 0.0457. The predicted molar refractivity (Wildman–Crippen MR) is 341 cm³/mol. The van der Waals surface area contributed by atoms with Gasteiger partial charge in [0.05, 0.1) is 12.1 Å². The Hall–Kier alpha value is -7.44. The zero-order chi connectivity index (χ0) is 62.4. The summed E-state index contributed by atoms with van der Waals surface area (Å²) in [7, 11) is 3.41. The quantitative estimate of drug-likeness (QED) is 0.0267. The van der Waals surface area contributed by atoms with Gasteiger partial charge in [0, 0.05) is 38.0 Å². The van der Waals surface area contributed by atoms with E-state index in [0.29, 0.717) is 64.7 Å². The maximum atomic E-state index is 14.8. The molecule has 0 aromatic heterocycles. The Morgan fingerprint density at radius 1 is 0.398 bits per heavy atom. The lowest BCUT2D eigenvalue weighted by atomic mass is 9.83. The molecule has 8 rings (SSSR count). The Labute approximate surface area is 521 Å². The number of nitrogens with one attached hydrogen (secondary N) is 8. The van der Waals surface area contributed by atoms with Crippen LogP contribution >= 0.6 is 0 Å². The van der Waals surface area contributed by atoms with E-state index in [1.807, 2.05) is 121 Å². The molecule has 1 unspecified atom stereocenters. The van der Waals surface area contributed by atoms with E-state index in [2.05, 4.69) is 42.5 Å². The highest BCUT2D eigenvalue weighted by molar-refractivity contribution is 5.97. The van der Waals surface area contributed by atoms with Crippen molar-refractivity contribution in [3.8, 4) is 0 Å². The monoisotopic (exact) mass is 1200 g/mol. The van der Waals surface area contributed by atoms with Gasteiger partial charge in [-0.3, -0.25) is 38.4 Å². The molecule has 18 nitrogen and oxygen atoms in total. The Morgan fingerprint density at radius 2 is 0.716 bits per heavy atom. The molecule has 2 heterocycles. The Kier molecular flexibility index (Phi) is 25.5. The second-order valence-electron chi connectivity index (χ2n) is 24.7. The van der Waals surface area contributed by atoms with Crippen LogP contribution in [0.15, 0.2) is 121 Å². The van der Waals surface area contributed by atoms with Gasteiger partial charge < -0.3 is 52.3 Å². The molecule has 2 saturated heterocycles. The number of hydrogen-bond acceptors (Lipinski definition) is 10. The number of rotatable bonds is 29. The summed E-state index contributed by atoms with van der Waals surface area (Å²) in [5.74, 6) is -3.84. The van der Waals surface area contributed by atoms with Crippen LogP contribution in [0, 0.1) is 11.8 Å². The van der Waals surface area contributed by atoms with E-state index in [-0.39, 0.29) is 47.3 Å². The van der Waals surface area contributed by atoms with E-state index >= 15 is 0 Å². The van der Waals surface area contributed by atoms with Crippen LogP contribution in [0.2, 0.25) is 0 Å². The standard InChI is InChI=1S/C70H96N10O8/c1-47(71-3)63(81)75-59(53-37-21-11-22-38-53)69(87)79-45-27-41-55(79)65(83)77-61(57(49-29-13-7-14-30-49)50-31-15-8-16-32-50)67(85)73-43-25-5-6-26-44-74-68(86)62(58(51-33-17-9-18-34-51)52-35-19-10-20-36-52)78-66(84)56-42-28-46-80(56)70(88)60(54-39-23-12-24-40-54)76-64(82)48(2)72-4/h7-10,13-20,29-36,47-48,53-62,71-72H,5-6,11-12,21-28,37-46H2,1-4H3,(H,73,85)(H,74,86)(H,75,81)(H,76,82)(H,77,83)(H,78,84)/t47-,48+,55+,56?,59+,60+,61+,62+/m1/s1. The zero-order valence-electron chi connectivity index (χ0n) is 52.2. The van der Waals surface area contributed by atoms with Crippen LogP contribution in [0.25, 0.3) is 0 Å². The van der Waals surface area contributed by atoms with E-state index in [1.165, 1.54) is 0 Å². The van der Waals surface area contributed by atoms with Gasteiger partial charge in [-0.05, 0) is 126 Å². The van der Waals surface area contributed by atoms with Crippen molar-refractivity contribution in [2.75, 3.05) is 40.3 Å². The normalized spacial score (nSPS) is 19.4. The largest absolute Gasteiger partial charge is 0.354 e. The second kappa shape index (κ2) is 33.8. The maximum Gasteiger partial charge on any atom is 0.246 e. The first-order valence-corrected chi connectivity index (χ1v) is 32.7. The summed E-state index contributed by atoms with van der Waals surface area (Å²) in [5.41, 5.74) is 3.36. The lowest BCUT2D eigenvalue weighted by Gasteiger charge is -2.36. The number of amides is 8. The average Bonchev–Trinajstić information content (AvgIpc) is 4.40. The lowest BCUT2D eigenvalue weighted by molar-refractivity contribution is -0.143. The average molecular weight is 1210 g/mol. The van der Waals surface area contributed by atoms with Gasteiger partial charge in [-0.25, -0.2) is 0 Å². The summed E-state index contributed by atoms with van der Waals surface area (Å²) in [6.45, 7) is 4.88. The fourth-order valence-electron chi connectivity index (χ4n) is 13.6. The van der Waals surface area contributed by atoms with Gasteiger partial charge in [0.25, 0.3) is 0 Å². The van der Waals surface area contributed by atoms with E-state index in [4.69, 9.17) is 0 Å². The molecule has 2 aliphatic heterocycles. The fourth-order valence-corrected chi connectivity index (χ4v) is 13.6. The molecule has 2 aliphatic carbocycles. The van der Waals surface area contributed by atoms with Crippen LogP contribution in [0.1, 0.15) is 164 Å². The third kappa shape index (κ3) is 17.7.